The molecule has 6 nitrogen and oxygen atoms in total. The molecule has 2 aromatic carbocycles. The Hall–Kier alpha value is -2.38. The van der Waals surface area contributed by atoms with Crippen LogP contribution in [0.2, 0.25) is 0 Å². The number of hydrogen-bond acceptors (Lipinski definition) is 6. The molecule has 0 saturated heterocycles. The van der Waals surface area contributed by atoms with E-state index in [1.165, 1.54) is 17.7 Å². The van der Waals surface area contributed by atoms with Crippen LogP contribution in [0.4, 0.5) is 5.13 Å². The number of nitrogens with one attached hydrogen (secondary N) is 1. The molecule has 131 valence electrons. The van der Waals surface area contributed by atoms with E-state index < -0.39 is 0 Å². The van der Waals surface area contributed by atoms with Crippen molar-refractivity contribution in [3.63, 3.8) is 0 Å². The van der Waals surface area contributed by atoms with Crippen LogP contribution in [0, 0.1) is 0 Å². The summed E-state index contributed by atoms with van der Waals surface area (Å²) < 4.78 is 11.6. The summed E-state index contributed by atoms with van der Waals surface area (Å²) >= 11 is 1.44. The fourth-order valence-electron chi connectivity index (χ4n) is 2.78. The number of hydrogen-bond donors (Lipinski definition) is 2. The Kier molecular flexibility index (Phi) is 5.58. The largest absolute Gasteiger partial charge is 2.00 e. The van der Waals surface area contributed by atoms with Gasteiger partial charge in [-0.25, -0.2) is 9.98 Å². The molecule has 0 amide bonds. The quantitative estimate of drug-likeness (QED) is 0.296. The summed E-state index contributed by atoms with van der Waals surface area (Å²) in [4.78, 5) is 9.70. The van der Waals surface area contributed by atoms with Gasteiger partial charge in [0.2, 0.25) is 5.13 Å². The molecular weight excluding hydrogens is 393 g/mol. The van der Waals surface area contributed by atoms with Gasteiger partial charge in [0.1, 0.15) is 17.8 Å². The molecule has 0 bridgehead atoms. The molecule has 1 atom stereocenters. The van der Waals surface area contributed by atoms with Gasteiger partial charge < -0.3 is 9.47 Å². The van der Waals surface area contributed by atoms with Crippen LogP contribution in [-0.4, -0.2) is 23.6 Å². The van der Waals surface area contributed by atoms with Gasteiger partial charge in [0.05, 0.1) is 17.7 Å². The van der Waals surface area contributed by atoms with E-state index in [1.54, 1.807) is 7.11 Å². The van der Waals surface area contributed by atoms with Gasteiger partial charge in [0.25, 0.3) is 0 Å². The van der Waals surface area contributed by atoms with Crippen LogP contribution in [0.5, 0.6) is 11.5 Å². The Morgan fingerprint density at radius 2 is 2.08 bits per heavy atom. The summed E-state index contributed by atoms with van der Waals surface area (Å²) in [6, 6.07) is 15.7. The molecule has 0 aliphatic carbocycles. The minimum absolute atomic E-state index is 0. The zero-order valence-corrected chi connectivity index (χ0v) is 15.7. The summed E-state index contributed by atoms with van der Waals surface area (Å²) in [5.74, 6) is 1.45. The Bertz CT molecular complexity index is 931. The SMILES string of the molecule is COc1ccc2c(c1)OC(c1ccccc1)c1sc(/N=C\NO)nc1-2.[Mn+2]. The van der Waals surface area contributed by atoms with E-state index in [1.807, 2.05) is 54.0 Å². The van der Waals surface area contributed by atoms with Gasteiger partial charge >= 0.3 is 17.1 Å². The summed E-state index contributed by atoms with van der Waals surface area (Å²) in [6.07, 6.45) is 0.928. The predicted molar refractivity (Wildman–Crippen MR) is 96.1 cm³/mol. The van der Waals surface area contributed by atoms with Crippen LogP contribution in [0.25, 0.3) is 11.3 Å². The Morgan fingerprint density at radius 3 is 2.81 bits per heavy atom. The van der Waals surface area contributed by atoms with Crippen LogP contribution >= 0.6 is 11.3 Å². The number of benzene rings is 2. The third kappa shape index (κ3) is 3.32. The molecular formula is C18H15MnN3O3S+2. The standard InChI is InChI=1S/C18H15N3O3S.Mn/c1-23-12-7-8-13-14(9-12)24-16(11-5-3-2-4-6-11)17-15(13)21-18(25-17)19-10-20-22;/h2-10,16,22H,1H3,(H,19,20,21);/q;+2. The summed E-state index contributed by atoms with van der Waals surface area (Å²) in [6.45, 7) is 0. The van der Waals surface area contributed by atoms with Gasteiger partial charge in [-0.05, 0) is 17.7 Å². The van der Waals surface area contributed by atoms with E-state index in [2.05, 4.69) is 9.98 Å². The monoisotopic (exact) mass is 408 g/mol. The van der Waals surface area contributed by atoms with E-state index in [-0.39, 0.29) is 23.2 Å². The maximum Gasteiger partial charge on any atom is 2.00 e. The topological polar surface area (TPSA) is 76.0 Å². The van der Waals surface area contributed by atoms with Crippen molar-refractivity contribution in [2.24, 2.45) is 4.99 Å². The zero-order valence-electron chi connectivity index (χ0n) is 13.7. The van der Waals surface area contributed by atoms with Crippen LogP contribution in [0.1, 0.15) is 16.5 Å². The average molecular weight is 408 g/mol. The van der Waals surface area contributed by atoms with E-state index in [9.17, 15) is 0 Å². The second-order valence-corrected chi connectivity index (χ2v) is 6.38. The van der Waals surface area contributed by atoms with Crippen LogP contribution in [-0.2, 0) is 17.1 Å². The Labute approximate surface area is 165 Å². The second kappa shape index (κ2) is 7.88. The van der Waals surface area contributed by atoms with Gasteiger partial charge in [0, 0.05) is 11.6 Å². The van der Waals surface area contributed by atoms with Crippen molar-refractivity contribution < 1.29 is 31.7 Å². The molecule has 0 fully saturated rings. The van der Waals surface area contributed by atoms with Crippen molar-refractivity contribution in [3.8, 4) is 22.8 Å². The fourth-order valence-corrected chi connectivity index (χ4v) is 3.76. The van der Waals surface area contributed by atoms with E-state index in [0.29, 0.717) is 5.13 Å². The molecule has 3 aromatic rings. The smallest absolute Gasteiger partial charge is 0.497 e. The van der Waals surface area contributed by atoms with Crippen LogP contribution in [0.3, 0.4) is 0 Å². The maximum absolute atomic E-state index is 8.71. The molecule has 1 aliphatic rings. The molecule has 8 heteroatoms. The molecule has 1 aromatic heterocycles. The normalized spacial score (nSPS) is 14.8. The molecule has 1 radical (unpaired) electrons. The fraction of sp³-hybridized carbons (Fsp3) is 0.111. The second-order valence-electron chi connectivity index (χ2n) is 5.37. The number of ether oxygens (including phenoxy) is 2. The minimum atomic E-state index is -0.264. The molecule has 0 saturated carbocycles. The molecule has 26 heavy (non-hydrogen) atoms. The van der Waals surface area contributed by atoms with Gasteiger partial charge in [-0.3, -0.25) is 10.7 Å². The number of fused-ring (bicyclic) bond motifs is 3. The number of nitrogens with zero attached hydrogens (tertiary/aromatic N) is 2. The van der Waals surface area contributed by atoms with Gasteiger partial charge in [0.15, 0.2) is 6.10 Å². The van der Waals surface area contributed by atoms with E-state index in [4.69, 9.17) is 14.7 Å². The number of rotatable bonds is 4. The molecule has 1 aliphatic heterocycles. The number of hydroxylamine groups is 1. The Balaban J connectivity index is 0.00000196. The van der Waals surface area contributed by atoms with Gasteiger partial charge in [-0.1, -0.05) is 41.7 Å². The molecule has 0 spiro atoms. The summed E-state index contributed by atoms with van der Waals surface area (Å²) in [7, 11) is 1.63. The van der Waals surface area contributed by atoms with Gasteiger partial charge in [-0.15, -0.1) is 0 Å². The van der Waals surface area contributed by atoms with Crippen molar-refractivity contribution in [2.75, 3.05) is 7.11 Å². The first-order valence-electron chi connectivity index (χ1n) is 7.63. The van der Waals surface area contributed by atoms with Crippen molar-refractivity contribution in [2.45, 2.75) is 6.10 Å². The third-order valence-electron chi connectivity index (χ3n) is 3.90. The predicted octanol–water partition coefficient (Wildman–Crippen LogP) is 3.94. The van der Waals surface area contributed by atoms with Crippen molar-refractivity contribution >= 4 is 22.8 Å². The first kappa shape index (κ1) is 18.4. The van der Waals surface area contributed by atoms with Crippen molar-refractivity contribution in [1.29, 1.82) is 0 Å². The molecule has 4 rings (SSSR count). The number of thiazole rings is 1. The first-order valence-corrected chi connectivity index (χ1v) is 8.44. The molecule has 2 N–H and O–H groups in total. The number of aromatic nitrogens is 1. The van der Waals surface area contributed by atoms with Crippen molar-refractivity contribution in [3.05, 3.63) is 59.0 Å². The van der Waals surface area contributed by atoms with Crippen LogP contribution in [0.15, 0.2) is 53.5 Å². The van der Waals surface area contributed by atoms with Crippen molar-refractivity contribution in [1.82, 2.24) is 10.5 Å². The minimum Gasteiger partial charge on any atom is -0.497 e. The maximum atomic E-state index is 8.71. The van der Waals surface area contributed by atoms with E-state index in [0.717, 1.165) is 33.2 Å². The molecule has 2 heterocycles. The first-order chi connectivity index (χ1) is 12.3. The molecule has 1 unspecified atom stereocenters. The zero-order chi connectivity index (χ0) is 17.2. The Morgan fingerprint density at radius 1 is 1.27 bits per heavy atom. The van der Waals surface area contributed by atoms with Crippen LogP contribution < -0.4 is 15.0 Å². The van der Waals surface area contributed by atoms with Gasteiger partial charge in [-0.2, -0.15) is 0 Å². The summed E-state index contributed by atoms with van der Waals surface area (Å²) in [5.41, 5.74) is 4.68. The third-order valence-corrected chi connectivity index (χ3v) is 4.91. The average Bonchev–Trinajstić information content (AvgIpc) is 3.10. The summed E-state index contributed by atoms with van der Waals surface area (Å²) in [5, 5.41) is 9.26. The number of aliphatic imine (C=N–C) groups is 1. The van der Waals surface area contributed by atoms with E-state index >= 15 is 0 Å². The number of methoxy groups -OCH3 is 1.